The number of carbonyl (C=O) groups is 3. The molecule has 0 fully saturated rings. The monoisotopic (exact) mass is 245 g/mol. The second kappa shape index (κ2) is 8.37. The second-order valence-corrected chi connectivity index (χ2v) is 3.43. The Hall–Kier alpha value is -1.79. The topological polar surface area (TPSA) is 111 Å². The molecule has 98 valence electrons. The fourth-order valence-corrected chi connectivity index (χ4v) is 1.11. The Balaban J connectivity index is 3.64. The Bertz CT molecular complexity index is 281. The quantitative estimate of drug-likeness (QED) is 0.415. The highest BCUT2D eigenvalue weighted by atomic mass is 16.5. The maximum atomic E-state index is 11.4. The van der Waals surface area contributed by atoms with E-state index in [0.29, 0.717) is 19.6 Å². The molecule has 0 bridgehead atoms. The van der Waals surface area contributed by atoms with Gasteiger partial charge in [0, 0.05) is 13.0 Å². The van der Waals surface area contributed by atoms with Crippen molar-refractivity contribution < 1.29 is 19.1 Å². The summed E-state index contributed by atoms with van der Waals surface area (Å²) in [5.74, 6) is -0.627. The van der Waals surface area contributed by atoms with E-state index in [-0.39, 0.29) is 18.3 Å². The number of nitrogens with two attached hydrogens (primary N) is 1. The van der Waals surface area contributed by atoms with E-state index in [2.05, 4.69) is 10.6 Å². The number of ether oxygens (including phenoxy) is 1. The van der Waals surface area contributed by atoms with Crippen molar-refractivity contribution in [3.63, 3.8) is 0 Å². The van der Waals surface area contributed by atoms with Gasteiger partial charge in [0.05, 0.1) is 6.61 Å². The molecule has 0 saturated carbocycles. The lowest BCUT2D eigenvalue weighted by molar-refractivity contribution is -0.143. The molecule has 0 rings (SSSR count). The highest BCUT2D eigenvalue weighted by molar-refractivity contribution is 5.86. The molecule has 0 aliphatic rings. The molecule has 4 N–H and O–H groups in total. The van der Waals surface area contributed by atoms with Crippen LogP contribution in [0.1, 0.15) is 26.7 Å². The number of hydrogen-bond acceptors (Lipinski definition) is 4. The van der Waals surface area contributed by atoms with Gasteiger partial charge in [-0.05, 0) is 20.3 Å². The van der Waals surface area contributed by atoms with Crippen LogP contribution >= 0.6 is 0 Å². The molecule has 0 aliphatic carbocycles. The van der Waals surface area contributed by atoms with Crippen LogP contribution in [-0.2, 0) is 14.3 Å². The van der Waals surface area contributed by atoms with Crippen molar-refractivity contribution in [2.24, 2.45) is 5.73 Å². The molecule has 0 spiro atoms. The predicted octanol–water partition coefficient (Wildman–Crippen LogP) is -0.497. The molecule has 7 nitrogen and oxygen atoms in total. The summed E-state index contributed by atoms with van der Waals surface area (Å²) in [6.07, 6.45) is 0.750. The number of hydrogen-bond donors (Lipinski definition) is 3. The van der Waals surface area contributed by atoms with E-state index in [1.165, 1.54) is 6.92 Å². The van der Waals surface area contributed by atoms with E-state index in [4.69, 9.17) is 10.5 Å². The Labute approximate surface area is 100 Å². The normalized spacial score (nSPS) is 11.4. The summed E-state index contributed by atoms with van der Waals surface area (Å²) in [5, 5.41) is 4.82. The van der Waals surface area contributed by atoms with Crippen LogP contribution < -0.4 is 16.4 Å². The van der Waals surface area contributed by atoms with Crippen LogP contribution in [0.15, 0.2) is 0 Å². The van der Waals surface area contributed by atoms with E-state index in [0.717, 1.165) is 0 Å². The van der Waals surface area contributed by atoms with Crippen LogP contribution in [0.2, 0.25) is 0 Å². The van der Waals surface area contributed by atoms with E-state index in [1.807, 2.05) is 0 Å². The molecule has 1 atom stereocenters. The molecular formula is C10H19N3O4. The summed E-state index contributed by atoms with van der Waals surface area (Å²) >= 11 is 0. The largest absolute Gasteiger partial charge is 0.466 e. The number of carbonyl (C=O) groups excluding carboxylic acids is 3. The lowest BCUT2D eigenvalue weighted by atomic mass is 10.3. The summed E-state index contributed by atoms with van der Waals surface area (Å²) in [6.45, 7) is 3.95. The zero-order chi connectivity index (χ0) is 13.3. The summed E-state index contributed by atoms with van der Waals surface area (Å²) in [4.78, 5) is 32.8. The Morgan fingerprint density at radius 2 is 2.00 bits per heavy atom. The van der Waals surface area contributed by atoms with E-state index in [1.54, 1.807) is 6.92 Å². The maximum Gasteiger partial charge on any atom is 0.312 e. The second-order valence-electron chi connectivity index (χ2n) is 3.43. The average molecular weight is 245 g/mol. The third kappa shape index (κ3) is 8.06. The molecule has 3 amide bonds. The fraction of sp³-hybridized carbons (Fsp3) is 0.700. The summed E-state index contributed by atoms with van der Waals surface area (Å²) in [5.41, 5.74) is 4.87. The first-order valence-corrected chi connectivity index (χ1v) is 5.46. The highest BCUT2D eigenvalue weighted by Crippen LogP contribution is 1.91. The number of primary amides is 1. The average Bonchev–Trinajstić information content (AvgIpc) is 2.23. The molecule has 1 unspecified atom stereocenters. The first-order valence-electron chi connectivity index (χ1n) is 5.46. The van der Waals surface area contributed by atoms with Crippen LogP contribution in [0, 0.1) is 0 Å². The van der Waals surface area contributed by atoms with Gasteiger partial charge in [-0.2, -0.15) is 0 Å². The summed E-state index contributed by atoms with van der Waals surface area (Å²) in [6, 6.07) is -1.44. The van der Waals surface area contributed by atoms with Crippen LogP contribution in [0.25, 0.3) is 0 Å². The van der Waals surface area contributed by atoms with E-state index < -0.39 is 12.1 Å². The van der Waals surface area contributed by atoms with E-state index in [9.17, 15) is 14.4 Å². The van der Waals surface area contributed by atoms with Gasteiger partial charge in [-0.25, -0.2) is 4.79 Å². The number of urea groups is 1. The lowest BCUT2D eigenvalue weighted by Gasteiger charge is -2.12. The standard InChI is InChI=1S/C10H19N3O4/c1-3-17-8(14)5-4-6-12-9(15)7(2)13-10(11)16/h7H,3-6H2,1-2H3,(H,12,15)(H3,11,13,16). The molecule has 0 saturated heterocycles. The highest BCUT2D eigenvalue weighted by Gasteiger charge is 2.13. The van der Waals surface area contributed by atoms with Crippen LogP contribution in [-0.4, -0.2) is 37.1 Å². The van der Waals surface area contributed by atoms with Gasteiger partial charge in [0.1, 0.15) is 6.04 Å². The molecule has 0 heterocycles. The molecule has 0 aromatic rings. The van der Waals surface area contributed by atoms with Crippen LogP contribution in [0.4, 0.5) is 4.79 Å². The first kappa shape index (κ1) is 15.2. The van der Waals surface area contributed by atoms with Gasteiger partial charge < -0.3 is 21.1 Å². The minimum atomic E-state index is -0.751. The maximum absolute atomic E-state index is 11.4. The first-order chi connectivity index (χ1) is 7.97. The van der Waals surface area contributed by atoms with Gasteiger partial charge in [-0.1, -0.05) is 0 Å². The predicted molar refractivity (Wildman–Crippen MR) is 61.1 cm³/mol. The third-order valence-corrected chi connectivity index (χ3v) is 1.91. The molecule has 0 radical (unpaired) electrons. The fourth-order valence-electron chi connectivity index (χ4n) is 1.11. The van der Waals surface area contributed by atoms with Crippen molar-refractivity contribution in [3.05, 3.63) is 0 Å². The van der Waals surface area contributed by atoms with Gasteiger partial charge in [0.2, 0.25) is 5.91 Å². The summed E-state index contributed by atoms with van der Waals surface area (Å²) in [7, 11) is 0. The van der Waals surface area contributed by atoms with Crippen LogP contribution in [0.5, 0.6) is 0 Å². The van der Waals surface area contributed by atoms with Crippen molar-refractivity contribution in [3.8, 4) is 0 Å². The van der Waals surface area contributed by atoms with Gasteiger partial charge in [-0.15, -0.1) is 0 Å². The zero-order valence-corrected chi connectivity index (χ0v) is 10.1. The van der Waals surface area contributed by atoms with Crippen molar-refractivity contribution in [1.82, 2.24) is 10.6 Å². The van der Waals surface area contributed by atoms with Gasteiger partial charge in [0.15, 0.2) is 0 Å². The van der Waals surface area contributed by atoms with Gasteiger partial charge >= 0.3 is 12.0 Å². The smallest absolute Gasteiger partial charge is 0.312 e. The summed E-state index contributed by atoms with van der Waals surface area (Å²) < 4.78 is 4.72. The van der Waals surface area contributed by atoms with E-state index >= 15 is 0 Å². The van der Waals surface area contributed by atoms with Crippen molar-refractivity contribution in [2.45, 2.75) is 32.7 Å². The van der Waals surface area contributed by atoms with Gasteiger partial charge in [0.25, 0.3) is 0 Å². The Morgan fingerprint density at radius 3 is 2.53 bits per heavy atom. The third-order valence-electron chi connectivity index (χ3n) is 1.91. The molecule has 7 heteroatoms. The Kier molecular flexibility index (Phi) is 7.49. The molecule has 0 aromatic heterocycles. The molecular weight excluding hydrogens is 226 g/mol. The number of rotatable bonds is 7. The number of nitrogens with one attached hydrogen (secondary N) is 2. The number of amides is 3. The molecule has 17 heavy (non-hydrogen) atoms. The Morgan fingerprint density at radius 1 is 1.35 bits per heavy atom. The number of esters is 1. The van der Waals surface area contributed by atoms with Crippen molar-refractivity contribution in [2.75, 3.05) is 13.2 Å². The van der Waals surface area contributed by atoms with Crippen molar-refractivity contribution >= 4 is 17.9 Å². The SMILES string of the molecule is CCOC(=O)CCCNC(=O)C(C)NC(N)=O. The van der Waals surface area contributed by atoms with Crippen molar-refractivity contribution in [1.29, 1.82) is 0 Å². The lowest BCUT2D eigenvalue weighted by Crippen LogP contribution is -2.46. The molecule has 0 aliphatic heterocycles. The molecule has 0 aromatic carbocycles. The van der Waals surface area contributed by atoms with Gasteiger partial charge in [-0.3, -0.25) is 9.59 Å². The van der Waals surface area contributed by atoms with Crippen LogP contribution in [0.3, 0.4) is 0 Å². The minimum Gasteiger partial charge on any atom is -0.466 e. The zero-order valence-electron chi connectivity index (χ0n) is 10.1. The minimum absolute atomic E-state index is 0.256.